The molecule has 0 N–H and O–H groups in total. The van der Waals surface area contributed by atoms with Crippen LogP contribution in [-0.4, -0.2) is 12.6 Å². The second kappa shape index (κ2) is 7.87. The fourth-order valence-electron chi connectivity index (χ4n) is 3.19. The summed E-state index contributed by atoms with van der Waals surface area (Å²) in [7, 11) is 0. The standard InChI is InChI=1S/C23H18O7/c1-3-14-9-17-13(2)8-22(25)30-20(17)11-19(14)29-23(26)12-27-16-6-4-15-5-7-21(24)28-18(15)10-16/h4-11H,3,12H2,1-2H3. The lowest BCUT2D eigenvalue weighted by Crippen LogP contribution is -2.18. The van der Waals surface area contributed by atoms with Gasteiger partial charge in [0.2, 0.25) is 0 Å². The number of carbonyl (C=O) groups excluding carboxylic acids is 1. The third kappa shape index (κ3) is 3.96. The van der Waals surface area contributed by atoms with Crippen LogP contribution in [-0.2, 0) is 11.2 Å². The van der Waals surface area contributed by atoms with E-state index in [0.717, 1.165) is 21.9 Å². The lowest BCUT2D eigenvalue weighted by atomic mass is 10.1. The summed E-state index contributed by atoms with van der Waals surface area (Å²) in [4.78, 5) is 35.3. The van der Waals surface area contributed by atoms with E-state index in [0.29, 0.717) is 29.1 Å². The van der Waals surface area contributed by atoms with Crippen LogP contribution in [0.3, 0.4) is 0 Å². The average molecular weight is 406 g/mol. The molecule has 0 bridgehead atoms. The topological polar surface area (TPSA) is 96.0 Å². The van der Waals surface area contributed by atoms with Crippen molar-refractivity contribution < 1.29 is 23.1 Å². The Balaban J connectivity index is 1.53. The van der Waals surface area contributed by atoms with Crippen molar-refractivity contribution in [2.75, 3.05) is 6.61 Å². The molecule has 0 aliphatic carbocycles. The Hall–Kier alpha value is -3.87. The summed E-state index contributed by atoms with van der Waals surface area (Å²) in [5.41, 5.74) is 1.38. The normalized spacial score (nSPS) is 11.0. The van der Waals surface area contributed by atoms with Crippen LogP contribution in [0.15, 0.2) is 67.0 Å². The monoisotopic (exact) mass is 406 g/mol. The maximum absolute atomic E-state index is 12.3. The molecule has 0 unspecified atom stereocenters. The zero-order valence-electron chi connectivity index (χ0n) is 16.4. The quantitative estimate of drug-likeness (QED) is 0.283. The lowest BCUT2D eigenvalue weighted by Gasteiger charge is -2.12. The number of benzene rings is 2. The van der Waals surface area contributed by atoms with Gasteiger partial charge in [0.15, 0.2) is 6.61 Å². The zero-order chi connectivity index (χ0) is 21.3. The van der Waals surface area contributed by atoms with Crippen LogP contribution in [0.5, 0.6) is 11.5 Å². The molecule has 30 heavy (non-hydrogen) atoms. The predicted octanol–water partition coefficient (Wildman–Crippen LogP) is 3.75. The number of carbonyl (C=O) groups is 1. The van der Waals surface area contributed by atoms with Gasteiger partial charge in [-0.1, -0.05) is 6.92 Å². The van der Waals surface area contributed by atoms with Crippen LogP contribution in [0.4, 0.5) is 0 Å². The molecule has 0 saturated heterocycles. The Kier molecular flexibility index (Phi) is 5.10. The van der Waals surface area contributed by atoms with E-state index in [-0.39, 0.29) is 6.61 Å². The van der Waals surface area contributed by atoms with Crippen molar-refractivity contribution >= 4 is 27.9 Å². The smallest absolute Gasteiger partial charge is 0.349 e. The fraction of sp³-hybridized carbons (Fsp3) is 0.174. The highest BCUT2D eigenvalue weighted by Gasteiger charge is 2.14. The molecule has 2 aromatic carbocycles. The molecule has 2 aromatic heterocycles. The maximum atomic E-state index is 12.3. The fourth-order valence-corrected chi connectivity index (χ4v) is 3.19. The second-order valence-electron chi connectivity index (χ2n) is 6.77. The highest BCUT2D eigenvalue weighted by molar-refractivity contribution is 5.84. The first-order valence-electron chi connectivity index (χ1n) is 9.37. The van der Waals surface area contributed by atoms with Crippen LogP contribution in [0, 0.1) is 6.92 Å². The third-order valence-corrected chi connectivity index (χ3v) is 4.69. The third-order valence-electron chi connectivity index (χ3n) is 4.69. The van der Waals surface area contributed by atoms with E-state index in [1.54, 1.807) is 24.3 Å². The Labute approximate surface area is 170 Å². The van der Waals surface area contributed by atoms with Crippen molar-refractivity contribution in [1.82, 2.24) is 0 Å². The number of hydrogen-bond acceptors (Lipinski definition) is 7. The molecule has 7 heteroatoms. The summed E-state index contributed by atoms with van der Waals surface area (Å²) in [6, 6.07) is 12.7. The van der Waals surface area contributed by atoms with Gasteiger partial charge in [-0.25, -0.2) is 14.4 Å². The first-order valence-corrected chi connectivity index (χ1v) is 9.37. The molecular formula is C23H18O7. The number of hydrogen-bond donors (Lipinski definition) is 0. The van der Waals surface area contributed by atoms with Gasteiger partial charge in [0.25, 0.3) is 0 Å². The number of esters is 1. The number of aryl methyl sites for hydroxylation is 2. The molecule has 4 aromatic rings. The zero-order valence-corrected chi connectivity index (χ0v) is 16.4. The summed E-state index contributed by atoms with van der Waals surface area (Å²) < 4.78 is 21.3. The molecule has 0 fully saturated rings. The van der Waals surface area contributed by atoms with Crippen molar-refractivity contribution in [3.05, 3.63) is 80.5 Å². The minimum Gasteiger partial charge on any atom is -0.482 e. The average Bonchev–Trinajstić information content (AvgIpc) is 2.71. The number of rotatable bonds is 5. The molecular weight excluding hydrogens is 388 g/mol. The molecule has 0 spiro atoms. The largest absolute Gasteiger partial charge is 0.482 e. The van der Waals surface area contributed by atoms with Crippen molar-refractivity contribution in [1.29, 1.82) is 0 Å². The summed E-state index contributed by atoms with van der Waals surface area (Å²) in [5, 5.41) is 1.53. The van der Waals surface area contributed by atoms with E-state index in [1.807, 2.05) is 19.9 Å². The summed E-state index contributed by atoms with van der Waals surface area (Å²) in [6.07, 6.45) is 0.627. The van der Waals surface area contributed by atoms with Gasteiger partial charge in [-0.2, -0.15) is 0 Å². The highest BCUT2D eigenvalue weighted by atomic mass is 16.6. The summed E-state index contributed by atoms with van der Waals surface area (Å²) in [6.45, 7) is 3.41. The van der Waals surface area contributed by atoms with Gasteiger partial charge in [-0.15, -0.1) is 0 Å². The van der Waals surface area contributed by atoms with Gasteiger partial charge in [0, 0.05) is 35.0 Å². The van der Waals surface area contributed by atoms with Gasteiger partial charge in [-0.3, -0.25) is 0 Å². The number of fused-ring (bicyclic) bond motifs is 2. The molecule has 152 valence electrons. The molecule has 7 nitrogen and oxygen atoms in total. The summed E-state index contributed by atoms with van der Waals surface area (Å²) >= 11 is 0. The minimum absolute atomic E-state index is 0.317. The van der Waals surface area contributed by atoms with Crippen molar-refractivity contribution in [2.24, 2.45) is 0 Å². The molecule has 0 atom stereocenters. The van der Waals surface area contributed by atoms with E-state index >= 15 is 0 Å². The van der Waals surface area contributed by atoms with E-state index < -0.39 is 17.2 Å². The summed E-state index contributed by atoms with van der Waals surface area (Å²) in [5.74, 6) is 0.0650. The van der Waals surface area contributed by atoms with Gasteiger partial charge in [0.05, 0.1) is 0 Å². The number of ether oxygens (including phenoxy) is 2. The molecule has 0 radical (unpaired) electrons. The SMILES string of the molecule is CCc1cc2c(C)cc(=O)oc2cc1OC(=O)COc1ccc2ccc(=O)oc2c1. The van der Waals surface area contributed by atoms with Crippen LogP contribution in [0.25, 0.3) is 21.9 Å². The van der Waals surface area contributed by atoms with Gasteiger partial charge in [-0.05, 0) is 48.7 Å². The minimum atomic E-state index is -0.617. The van der Waals surface area contributed by atoms with Crippen LogP contribution in [0.1, 0.15) is 18.1 Å². The van der Waals surface area contributed by atoms with Gasteiger partial charge < -0.3 is 18.3 Å². The Bertz CT molecular complexity index is 1380. The van der Waals surface area contributed by atoms with Crippen LogP contribution >= 0.6 is 0 Å². The van der Waals surface area contributed by atoms with Gasteiger partial charge >= 0.3 is 17.2 Å². The molecule has 4 rings (SSSR count). The van der Waals surface area contributed by atoms with Crippen molar-refractivity contribution in [2.45, 2.75) is 20.3 Å². The second-order valence-corrected chi connectivity index (χ2v) is 6.77. The Morgan fingerprint density at radius 1 is 0.933 bits per heavy atom. The van der Waals surface area contributed by atoms with E-state index in [9.17, 15) is 14.4 Å². The molecule has 0 amide bonds. The Morgan fingerprint density at radius 2 is 1.70 bits per heavy atom. The van der Waals surface area contributed by atoms with Gasteiger partial charge in [0.1, 0.15) is 22.7 Å². The van der Waals surface area contributed by atoms with E-state index in [2.05, 4.69) is 0 Å². The molecule has 2 heterocycles. The lowest BCUT2D eigenvalue weighted by molar-refractivity contribution is -0.136. The van der Waals surface area contributed by atoms with Crippen molar-refractivity contribution in [3.8, 4) is 11.5 Å². The molecule has 0 saturated carbocycles. The van der Waals surface area contributed by atoms with Crippen molar-refractivity contribution in [3.63, 3.8) is 0 Å². The highest BCUT2D eigenvalue weighted by Crippen LogP contribution is 2.28. The van der Waals surface area contributed by atoms with E-state index in [4.69, 9.17) is 18.3 Å². The van der Waals surface area contributed by atoms with Crippen LogP contribution < -0.4 is 20.7 Å². The van der Waals surface area contributed by atoms with E-state index in [1.165, 1.54) is 18.2 Å². The molecule has 0 aliphatic heterocycles. The van der Waals surface area contributed by atoms with Crippen LogP contribution in [0.2, 0.25) is 0 Å². The maximum Gasteiger partial charge on any atom is 0.349 e. The Morgan fingerprint density at radius 3 is 2.50 bits per heavy atom. The first kappa shape index (κ1) is 19.4. The first-order chi connectivity index (χ1) is 14.4. The predicted molar refractivity (Wildman–Crippen MR) is 110 cm³/mol. The molecule has 0 aliphatic rings.